The minimum Gasteiger partial charge on any atom is -0.254 e. The van der Waals surface area contributed by atoms with Crippen LogP contribution in [0, 0.1) is 0 Å². The van der Waals surface area contributed by atoms with E-state index >= 15 is 0 Å². The van der Waals surface area contributed by atoms with E-state index in [1.807, 2.05) is 12.3 Å². The van der Waals surface area contributed by atoms with Crippen LogP contribution in [0.2, 0.25) is 0 Å². The van der Waals surface area contributed by atoms with E-state index in [-0.39, 0.29) is 5.41 Å². The molecule has 26 heavy (non-hydrogen) atoms. The maximum atomic E-state index is 4.83. The molecule has 0 N–H and O–H groups in total. The first-order valence-corrected chi connectivity index (χ1v) is 9.61. The molecular weight excluding hydrogens is 338 g/mol. The van der Waals surface area contributed by atoms with Gasteiger partial charge in [0.25, 0.3) is 0 Å². The van der Waals surface area contributed by atoms with Crippen molar-refractivity contribution in [3.63, 3.8) is 0 Å². The number of imidazole rings is 1. The fraction of sp³-hybridized carbons (Fsp3) is 0.182. The number of hydrogen-bond donors (Lipinski definition) is 0. The SMILES string of the molecule is CC(C)(C)c1cc(-c2nccc3c2nc2ccsn23)cc2ccccc12. The number of aromatic nitrogens is 3. The highest BCUT2D eigenvalue weighted by atomic mass is 32.1. The summed E-state index contributed by atoms with van der Waals surface area (Å²) < 4.78 is 2.16. The number of benzene rings is 2. The first kappa shape index (κ1) is 15.5. The van der Waals surface area contributed by atoms with E-state index in [1.165, 1.54) is 16.3 Å². The second-order valence-corrected chi connectivity index (χ2v) is 8.54. The van der Waals surface area contributed by atoms with E-state index in [0.29, 0.717) is 0 Å². The summed E-state index contributed by atoms with van der Waals surface area (Å²) >= 11 is 1.66. The molecule has 0 saturated carbocycles. The van der Waals surface area contributed by atoms with Crippen molar-refractivity contribution in [3.8, 4) is 11.3 Å². The lowest BCUT2D eigenvalue weighted by atomic mass is 9.82. The predicted molar refractivity (Wildman–Crippen MR) is 110 cm³/mol. The largest absolute Gasteiger partial charge is 0.254 e. The third-order valence-electron chi connectivity index (χ3n) is 4.88. The van der Waals surface area contributed by atoms with E-state index in [9.17, 15) is 0 Å². The Morgan fingerprint density at radius 2 is 1.85 bits per heavy atom. The van der Waals surface area contributed by atoms with Gasteiger partial charge in [-0.15, -0.1) is 0 Å². The van der Waals surface area contributed by atoms with Crippen LogP contribution in [0.15, 0.2) is 60.1 Å². The van der Waals surface area contributed by atoms with Crippen LogP contribution in [0.5, 0.6) is 0 Å². The fourth-order valence-electron chi connectivity index (χ4n) is 3.65. The molecule has 128 valence electrons. The summed E-state index contributed by atoms with van der Waals surface area (Å²) in [6.07, 6.45) is 1.89. The first-order valence-electron chi connectivity index (χ1n) is 8.77. The Kier molecular flexibility index (Phi) is 3.22. The highest BCUT2D eigenvalue weighted by molar-refractivity contribution is 7.05. The first-order chi connectivity index (χ1) is 12.5. The second-order valence-electron chi connectivity index (χ2n) is 7.69. The third kappa shape index (κ3) is 2.26. The lowest BCUT2D eigenvalue weighted by Crippen LogP contribution is -2.12. The summed E-state index contributed by atoms with van der Waals surface area (Å²) in [6.45, 7) is 6.79. The minimum atomic E-state index is 0.0536. The molecule has 0 aliphatic rings. The maximum absolute atomic E-state index is 4.83. The lowest BCUT2D eigenvalue weighted by Gasteiger charge is -2.22. The molecule has 3 nitrogen and oxygen atoms in total. The van der Waals surface area contributed by atoms with Gasteiger partial charge in [-0.25, -0.2) is 8.77 Å². The Labute approximate surface area is 156 Å². The van der Waals surface area contributed by atoms with Crippen molar-refractivity contribution < 1.29 is 0 Å². The zero-order valence-electron chi connectivity index (χ0n) is 15.0. The molecule has 4 heteroatoms. The Morgan fingerprint density at radius 1 is 1.00 bits per heavy atom. The van der Waals surface area contributed by atoms with Crippen molar-refractivity contribution in [3.05, 3.63) is 65.7 Å². The van der Waals surface area contributed by atoms with Gasteiger partial charge in [0.05, 0.1) is 11.2 Å². The van der Waals surface area contributed by atoms with Crippen LogP contribution in [0.3, 0.4) is 0 Å². The maximum Gasteiger partial charge on any atom is 0.148 e. The Morgan fingerprint density at radius 3 is 2.69 bits per heavy atom. The quantitative estimate of drug-likeness (QED) is 0.365. The highest BCUT2D eigenvalue weighted by Gasteiger charge is 2.20. The van der Waals surface area contributed by atoms with E-state index < -0.39 is 0 Å². The van der Waals surface area contributed by atoms with Crippen molar-refractivity contribution in [1.82, 2.24) is 13.8 Å². The molecule has 3 aromatic heterocycles. The average molecular weight is 357 g/mol. The molecule has 5 rings (SSSR count). The van der Waals surface area contributed by atoms with Gasteiger partial charge < -0.3 is 0 Å². The van der Waals surface area contributed by atoms with Gasteiger partial charge >= 0.3 is 0 Å². The van der Waals surface area contributed by atoms with Crippen molar-refractivity contribution in [1.29, 1.82) is 0 Å². The van der Waals surface area contributed by atoms with Gasteiger partial charge in [-0.2, -0.15) is 0 Å². The van der Waals surface area contributed by atoms with E-state index in [0.717, 1.165) is 27.9 Å². The van der Waals surface area contributed by atoms with Crippen LogP contribution in [0.4, 0.5) is 0 Å². The molecule has 0 bridgehead atoms. The summed E-state index contributed by atoms with van der Waals surface area (Å²) in [5, 5.41) is 4.62. The smallest absolute Gasteiger partial charge is 0.148 e. The Bertz CT molecular complexity index is 1270. The van der Waals surface area contributed by atoms with E-state index in [1.54, 1.807) is 11.5 Å². The van der Waals surface area contributed by atoms with Crippen LogP contribution >= 0.6 is 11.5 Å². The third-order valence-corrected chi connectivity index (χ3v) is 5.74. The zero-order chi connectivity index (χ0) is 17.9. The summed E-state index contributed by atoms with van der Waals surface area (Å²) in [5.41, 5.74) is 6.54. The summed E-state index contributed by atoms with van der Waals surface area (Å²) in [5.74, 6) is 0. The number of rotatable bonds is 1. The Balaban J connectivity index is 1.86. The molecule has 0 aliphatic carbocycles. The second kappa shape index (κ2) is 5.39. The van der Waals surface area contributed by atoms with Crippen LogP contribution in [-0.4, -0.2) is 13.8 Å². The highest BCUT2D eigenvalue weighted by Crippen LogP contribution is 2.36. The van der Waals surface area contributed by atoms with Crippen LogP contribution in [-0.2, 0) is 5.41 Å². The van der Waals surface area contributed by atoms with Crippen molar-refractivity contribution in [2.75, 3.05) is 0 Å². The topological polar surface area (TPSA) is 30.2 Å². The molecular formula is C22H19N3S. The summed E-state index contributed by atoms with van der Waals surface area (Å²) in [6, 6.07) is 17.2. The molecule has 0 atom stereocenters. The normalized spacial score (nSPS) is 12.4. The van der Waals surface area contributed by atoms with E-state index in [4.69, 9.17) is 9.97 Å². The predicted octanol–water partition coefficient (Wildman–Crippen LogP) is 6.06. The summed E-state index contributed by atoms with van der Waals surface area (Å²) in [4.78, 5) is 9.55. The van der Waals surface area contributed by atoms with Crippen LogP contribution < -0.4 is 0 Å². The standard InChI is InChI=1S/C22H19N3S/c1-22(2,3)17-13-15(12-14-6-4-5-7-16(14)17)20-21-18(8-10-23-20)25-19(24-21)9-11-26-25/h4-13H,1-3H3. The van der Waals surface area contributed by atoms with Crippen molar-refractivity contribution in [2.24, 2.45) is 0 Å². The number of pyridine rings is 1. The number of fused-ring (bicyclic) bond motifs is 4. The Hall–Kier alpha value is -2.72. The van der Waals surface area contributed by atoms with Gasteiger partial charge in [0.2, 0.25) is 0 Å². The number of nitrogens with zero attached hydrogens (tertiary/aromatic N) is 3. The molecule has 0 spiro atoms. The monoisotopic (exact) mass is 357 g/mol. The molecule has 0 radical (unpaired) electrons. The van der Waals surface area contributed by atoms with Crippen molar-refractivity contribution in [2.45, 2.75) is 26.2 Å². The van der Waals surface area contributed by atoms with Gasteiger partial charge in [0, 0.05) is 17.1 Å². The molecule has 0 saturated heterocycles. The molecule has 3 heterocycles. The molecule has 2 aromatic carbocycles. The number of hydrogen-bond acceptors (Lipinski definition) is 3. The molecule has 0 amide bonds. The van der Waals surface area contributed by atoms with Gasteiger partial charge in [0.1, 0.15) is 11.2 Å². The molecule has 0 unspecified atom stereocenters. The van der Waals surface area contributed by atoms with Gasteiger partial charge in [0.15, 0.2) is 0 Å². The molecule has 0 fully saturated rings. The van der Waals surface area contributed by atoms with Gasteiger partial charge in [-0.3, -0.25) is 4.98 Å². The fourth-order valence-corrected chi connectivity index (χ4v) is 4.42. The molecule has 0 aliphatic heterocycles. The van der Waals surface area contributed by atoms with Crippen LogP contribution in [0.1, 0.15) is 26.3 Å². The molecule has 5 aromatic rings. The van der Waals surface area contributed by atoms with Gasteiger partial charge in [-0.1, -0.05) is 56.6 Å². The van der Waals surface area contributed by atoms with Gasteiger partial charge in [-0.05, 0) is 46.0 Å². The van der Waals surface area contributed by atoms with Crippen molar-refractivity contribution >= 4 is 39.0 Å². The van der Waals surface area contributed by atoms with Crippen LogP contribution in [0.25, 0.3) is 38.7 Å². The zero-order valence-corrected chi connectivity index (χ0v) is 15.8. The average Bonchev–Trinajstić information content (AvgIpc) is 3.21. The van der Waals surface area contributed by atoms with E-state index in [2.05, 4.69) is 72.4 Å². The lowest BCUT2D eigenvalue weighted by molar-refractivity contribution is 0.596. The minimum absolute atomic E-state index is 0.0536. The summed E-state index contributed by atoms with van der Waals surface area (Å²) in [7, 11) is 0.